The van der Waals surface area contributed by atoms with Gasteiger partial charge in [-0.3, -0.25) is 4.79 Å². The van der Waals surface area contributed by atoms with Gasteiger partial charge in [0.2, 0.25) is 15.9 Å². The van der Waals surface area contributed by atoms with Crippen LogP contribution in [-0.4, -0.2) is 49.0 Å². The number of halogens is 1. The summed E-state index contributed by atoms with van der Waals surface area (Å²) in [5.41, 5.74) is 1.91. The van der Waals surface area contributed by atoms with E-state index in [9.17, 15) is 13.2 Å². The SMILES string of the molecule is CS(=O)(=O)N1CCC(CC(=O)NC2CC3(C2)CC(c2nc4cc(Cl)ccc4o2)C3)CC1. The number of nitrogens with one attached hydrogen (secondary N) is 1. The second-order valence-electron chi connectivity index (χ2n) is 9.75. The molecule has 168 valence electrons. The van der Waals surface area contributed by atoms with Crippen molar-refractivity contribution >= 4 is 38.6 Å². The summed E-state index contributed by atoms with van der Waals surface area (Å²) >= 11 is 6.03. The van der Waals surface area contributed by atoms with Gasteiger partial charge in [-0.15, -0.1) is 0 Å². The normalized spacial score (nSPS) is 29.6. The van der Waals surface area contributed by atoms with Crippen LogP contribution in [0.5, 0.6) is 0 Å². The first-order chi connectivity index (χ1) is 14.7. The molecule has 0 atom stereocenters. The van der Waals surface area contributed by atoms with Gasteiger partial charge in [0.05, 0.1) is 6.26 Å². The van der Waals surface area contributed by atoms with E-state index in [-0.39, 0.29) is 17.9 Å². The van der Waals surface area contributed by atoms with Crippen LogP contribution in [0.15, 0.2) is 22.6 Å². The topological polar surface area (TPSA) is 92.5 Å². The summed E-state index contributed by atoms with van der Waals surface area (Å²) in [6.45, 7) is 1.04. The Labute approximate surface area is 187 Å². The minimum atomic E-state index is -3.12. The summed E-state index contributed by atoms with van der Waals surface area (Å²) < 4.78 is 30.6. The Bertz CT molecular complexity index is 1090. The van der Waals surface area contributed by atoms with E-state index in [1.165, 1.54) is 10.6 Å². The predicted molar refractivity (Wildman–Crippen MR) is 118 cm³/mol. The predicted octanol–water partition coefficient (Wildman–Crippen LogP) is 3.69. The van der Waals surface area contributed by atoms with E-state index in [4.69, 9.17) is 16.0 Å². The van der Waals surface area contributed by atoms with Gasteiger partial charge in [-0.25, -0.2) is 17.7 Å². The standard InChI is InChI=1S/C22H28ClN3O4S/c1-31(28,29)26-6-4-14(5-7-26)8-20(27)24-17-12-22(13-17)10-15(11-22)21-25-18-9-16(23)2-3-19(18)30-21/h2-3,9,14-15,17H,4-8,10-13H2,1H3,(H,24,27). The maximum Gasteiger partial charge on any atom is 0.220 e. The van der Waals surface area contributed by atoms with Crippen LogP contribution in [-0.2, 0) is 14.8 Å². The van der Waals surface area contributed by atoms with Crippen LogP contribution < -0.4 is 5.32 Å². The minimum Gasteiger partial charge on any atom is -0.440 e. The lowest BCUT2D eigenvalue weighted by Crippen LogP contribution is -2.55. The first-order valence-corrected chi connectivity index (χ1v) is 13.2. The third-order valence-corrected chi connectivity index (χ3v) is 8.85. The van der Waals surface area contributed by atoms with Crippen molar-refractivity contribution in [2.45, 2.75) is 56.9 Å². The quantitative estimate of drug-likeness (QED) is 0.727. The van der Waals surface area contributed by atoms with E-state index in [1.807, 2.05) is 18.2 Å². The van der Waals surface area contributed by atoms with Crippen LogP contribution in [0.25, 0.3) is 11.1 Å². The summed E-state index contributed by atoms with van der Waals surface area (Å²) in [4.78, 5) is 17.1. The lowest BCUT2D eigenvalue weighted by atomic mass is 9.50. The van der Waals surface area contributed by atoms with Gasteiger partial charge in [0, 0.05) is 36.5 Å². The highest BCUT2D eigenvalue weighted by atomic mass is 35.5. The lowest BCUT2D eigenvalue weighted by Gasteiger charge is -2.57. The molecule has 2 aromatic rings. The van der Waals surface area contributed by atoms with Crippen molar-refractivity contribution in [3.63, 3.8) is 0 Å². The molecule has 7 nitrogen and oxygen atoms in total. The zero-order chi connectivity index (χ0) is 21.8. The Morgan fingerprint density at radius 1 is 1.26 bits per heavy atom. The number of hydrogen-bond donors (Lipinski definition) is 1. The molecule has 5 rings (SSSR count). The number of aromatic nitrogens is 1. The van der Waals surface area contributed by atoms with Crippen LogP contribution in [0.2, 0.25) is 5.02 Å². The molecule has 3 fully saturated rings. The highest BCUT2D eigenvalue weighted by Gasteiger charge is 2.54. The number of carbonyl (C=O) groups is 1. The van der Waals surface area contributed by atoms with Crippen molar-refractivity contribution < 1.29 is 17.6 Å². The Morgan fingerprint density at radius 3 is 2.65 bits per heavy atom. The van der Waals surface area contributed by atoms with Crippen LogP contribution in [0.3, 0.4) is 0 Å². The molecule has 1 spiro atoms. The molecule has 1 aromatic heterocycles. The van der Waals surface area contributed by atoms with Crippen LogP contribution >= 0.6 is 11.6 Å². The molecule has 3 aliphatic rings. The van der Waals surface area contributed by atoms with E-state index >= 15 is 0 Å². The van der Waals surface area contributed by atoms with Gasteiger partial charge in [-0.05, 0) is 68.1 Å². The fourth-order valence-electron chi connectivity index (χ4n) is 5.67. The van der Waals surface area contributed by atoms with Gasteiger partial charge in [0.1, 0.15) is 5.52 Å². The van der Waals surface area contributed by atoms with Crippen molar-refractivity contribution in [3.05, 3.63) is 29.1 Å². The monoisotopic (exact) mass is 465 g/mol. The molecule has 1 aliphatic heterocycles. The number of oxazole rings is 1. The molecule has 1 N–H and O–H groups in total. The third-order valence-electron chi connectivity index (χ3n) is 7.31. The molecule has 2 saturated carbocycles. The van der Waals surface area contributed by atoms with E-state index in [1.54, 1.807) is 0 Å². The highest BCUT2D eigenvalue weighted by Crippen LogP contribution is 2.61. The number of amides is 1. The van der Waals surface area contributed by atoms with Crippen LogP contribution in [0.1, 0.15) is 56.8 Å². The third kappa shape index (κ3) is 4.34. The molecule has 2 heterocycles. The van der Waals surface area contributed by atoms with Crippen molar-refractivity contribution in [2.24, 2.45) is 11.3 Å². The maximum absolute atomic E-state index is 12.4. The highest BCUT2D eigenvalue weighted by molar-refractivity contribution is 7.88. The van der Waals surface area contributed by atoms with E-state index in [0.717, 1.165) is 55.5 Å². The molecule has 1 aromatic carbocycles. The van der Waals surface area contributed by atoms with Gasteiger partial charge >= 0.3 is 0 Å². The van der Waals surface area contributed by atoms with Gasteiger partial charge < -0.3 is 9.73 Å². The average molecular weight is 466 g/mol. The number of fused-ring (bicyclic) bond motifs is 1. The van der Waals surface area contributed by atoms with Gasteiger partial charge in [-0.1, -0.05) is 11.6 Å². The van der Waals surface area contributed by atoms with E-state index in [0.29, 0.717) is 35.9 Å². The average Bonchev–Trinajstić information content (AvgIpc) is 3.04. The Hall–Kier alpha value is -1.64. The van der Waals surface area contributed by atoms with Gasteiger partial charge in [0.15, 0.2) is 11.5 Å². The molecule has 0 unspecified atom stereocenters. The Kier molecular flexibility index (Phi) is 5.30. The first-order valence-electron chi connectivity index (χ1n) is 11.0. The molecular weight excluding hydrogens is 438 g/mol. The summed E-state index contributed by atoms with van der Waals surface area (Å²) in [5.74, 6) is 1.52. The van der Waals surface area contributed by atoms with Crippen LogP contribution in [0, 0.1) is 11.3 Å². The molecule has 31 heavy (non-hydrogen) atoms. The van der Waals surface area contributed by atoms with Crippen LogP contribution in [0.4, 0.5) is 0 Å². The number of sulfonamides is 1. The van der Waals surface area contributed by atoms with Crippen molar-refractivity contribution in [2.75, 3.05) is 19.3 Å². The summed E-state index contributed by atoms with van der Waals surface area (Å²) in [6, 6.07) is 5.77. The number of benzene rings is 1. The molecule has 0 radical (unpaired) electrons. The Balaban J connectivity index is 1.05. The fourth-order valence-corrected chi connectivity index (χ4v) is 6.71. The number of hydrogen-bond acceptors (Lipinski definition) is 5. The molecule has 1 amide bonds. The first kappa shape index (κ1) is 21.2. The molecule has 0 bridgehead atoms. The second kappa shape index (κ2) is 7.74. The minimum absolute atomic E-state index is 0.101. The van der Waals surface area contributed by atoms with Gasteiger partial charge in [-0.2, -0.15) is 0 Å². The smallest absolute Gasteiger partial charge is 0.220 e. The number of carbonyl (C=O) groups excluding carboxylic acids is 1. The van der Waals surface area contributed by atoms with E-state index in [2.05, 4.69) is 10.3 Å². The summed E-state index contributed by atoms with van der Waals surface area (Å²) in [5, 5.41) is 3.85. The number of rotatable bonds is 5. The second-order valence-corrected chi connectivity index (χ2v) is 12.2. The molecule has 2 aliphatic carbocycles. The Morgan fingerprint density at radius 2 is 1.97 bits per heavy atom. The summed E-state index contributed by atoms with van der Waals surface area (Å²) in [6.07, 6.45) is 7.42. The number of nitrogens with zero attached hydrogens (tertiary/aromatic N) is 2. The molecule has 9 heteroatoms. The maximum atomic E-state index is 12.4. The molecule has 1 saturated heterocycles. The largest absolute Gasteiger partial charge is 0.440 e. The number of piperidine rings is 1. The zero-order valence-corrected chi connectivity index (χ0v) is 19.2. The van der Waals surface area contributed by atoms with E-state index < -0.39 is 10.0 Å². The summed E-state index contributed by atoms with van der Waals surface area (Å²) in [7, 11) is -3.12. The van der Waals surface area contributed by atoms with Gasteiger partial charge in [0.25, 0.3) is 0 Å². The van der Waals surface area contributed by atoms with Crippen molar-refractivity contribution in [1.29, 1.82) is 0 Å². The van der Waals surface area contributed by atoms with Crippen molar-refractivity contribution in [1.82, 2.24) is 14.6 Å². The van der Waals surface area contributed by atoms with Crippen molar-refractivity contribution in [3.8, 4) is 0 Å². The molecular formula is C22H28ClN3O4S. The lowest BCUT2D eigenvalue weighted by molar-refractivity contribution is -0.126. The fraction of sp³-hybridized carbons (Fsp3) is 0.636. The zero-order valence-electron chi connectivity index (χ0n) is 17.6.